The molecule has 164 valence electrons. The molecule has 0 fully saturated rings. The van der Waals surface area contributed by atoms with Gasteiger partial charge in [-0.25, -0.2) is 23.1 Å². The number of amides is 1. The Hall–Kier alpha value is -4.30. The zero-order valence-electron chi connectivity index (χ0n) is 17.4. The smallest absolute Gasteiger partial charge is 0.264 e. The van der Waals surface area contributed by atoms with Gasteiger partial charge in [0.2, 0.25) is 5.95 Å². The van der Waals surface area contributed by atoms with Crippen molar-refractivity contribution in [3.05, 3.63) is 115 Å². The van der Waals surface area contributed by atoms with Crippen molar-refractivity contribution in [2.75, 3.05) is 10.0 Å². The van der Waals surface area contributed by atoms with Gasteiger partial charge in [0, 0.05) is 23.7 Å². The Morgan fingerprint density at radius 3 is 2.00 bits per heavy atom. The lowest BCUT2D eigenvalue weighted by molar-refractivity contribution is -0.111. The van der Waals surface area contributed by atoms with Crippen LogP contribution < -0.4 is 10.0 Å². The minimum Gasteiger partial charge on any atom is -0.322 e. The summed E-state index contributed by atoms with van der Waals surface area (Å²) in [6.45, 7) is 0. The van der Waals surface area contributed by atoms with Gasteiger partial charge in [-0.1, -0.05) is 60.7 Å². The van der Waals surface area contributed by atoms with E-state index in [0.29, 0.717) is 11.3 Å². The summed E-state index contributed by atoms with van der Waals surface area (Å²) >= 11 is 0. The lowest BCUT2D eigenvalue weighted by Gasteiger charge is -2.11. The normalized spacial score (nSPS) is 11.6. The van der Waals surface area contributed by atoms with Crippen molar-refractivity contribution in [1.82, 2.24) is 9.97 Å². The molecule has 0 unspecified atom stereocenters. The lowest BCUT2D eigenvalue weighted by Crippen LogP contribution is -2.16. The molecule has 0 aliphatic rings. The van der Waals surface area contributed by atoms with Crippen molar-refractivity contribution >= 4 is 39.2 Å². The molecule has 0 atom stereocenters. The minimum absolute atomic E-state index is 0.0200. The van der Waals surface area contributed by atoms with Crippen LogP contribution in [-0.4, -0.2) is 24.3 Å². The molecule has 0 spiro atoms. The van der Waals surface area contributed by atoms with Crippen LogP contribution >= 0.6 is 0 Å². The number of nitrogens with one attached hydrogen (secondary N) is 2. The van der Waals surface area contributed by atoms with Crippen molar-refractivity contribution in [2.24, 2.45) is 0 Å². The van der Waals surface area contributed by atoms with Gasteiger partial charge in [-0.3, -0.25) is 4.79 Å². The summed E-state index contributed by atoms with van der Waals surface area (Å²) in [5.41, 5.74) is 2.61. The number of anilines is 2. The molecule has 7 nitrogen and oxygen atoms in total. The third kappa shape index (κ3) is 5.69. The van der Waals surface area contributed by atoms with E-state index in [1.54, 1.807) is 6.07 Å². The van der Waals surface area contributed by atoms with E-state index in [9.17, 15) is 13.2 Å². The number of carbonyl (C=O) groups is 1. The van der Waals surface area contributed by atoms with E-state index in [4.69, 9.17) is 0 Å². The van der Waals surface area contributed by atoms with Crippen LogP contribution in [0.25, 0.3) is 11.6 Å². The molecule has 8 heteroatoms. The Balaban J connectivity index is 1.55. The maximum Gasteiger partial charge on any atom is 0.264 e. The Kier molecular flexibility index (Phi) is 6.56. The SMILES string of the molecule is O=C(Nc1ccc(S(=O)(=O)Nc2ncccn2)cc1)C(=Cc1ccccc1)c1ccccc1. The Labute approximate surface area is 191 Å². The van der Waals surface area contributed by atoms with Crippen molar-refractivity contribution in [2.45, 2.75) is 4.90 Å². The second kappa shape index (κ2) is 9.88. The second-order valence-corrected chi connectivity index (χ2v) is 8.67. The molecule has 0 radical (unpaired) electrons. The van der Waals surface area contributed by atoms with E-state index in [2.05, 4.69) is 20.0 Å². The largest absolute Gasteiger partial charge is 0.322 e. The number of aromatic nitrogens is 2. The van der Waals surface area contributed by atoms with Crippen molar-refractivity contribution in [1.29, 1.82) is 0 Å². The summed E-state index contributed by atoms with van der Waals surface area (Å²) in [5, 5.41) is 2.84. The van der Waals surface area contributed by atoms with Crippen molar-refractivity contribution in [3.63, 3.8) is 0 Å². The molecule has 4 aromatic rings. The molecular weight excluding hydrogens is 436 g/mol. The first-order valence-electron chi connectivity index (χ1n) is 10.0. The first kappa shape index (κ1) is 21.9. The molecule has 0 bridgehead atoms. The van der Waals surface area contributed by atoms with Crippen molar-refractivity contribution in [3.8, 4) is 0 Å². The Morgan fingerprint density at radius 2 is 1.36 bits per heavy atom. The second-order valence-electron chi connectivity index (χ2n) is 6.99. The first-order chi connectivity index (χ1) is 16.0. The zero-order chi connectivity index (χ0) is 23.1. The maximum atomic E-state index is 13.1. The van der Waals surface area contributed by atoms with Crippen molar-refractivity contribution < 1.29 is 13.2 Å². The van der Waals surface area contributed by atoms with Crippen LogP contribution in [0.2, 0.25) is 0 Å². The quantitative estimate of drug-likeness (QED) is 0.316. The summed E-state index contributed by atoms with van der Waals surface area (Å²) in [7, 11) is -3.86. The zero-order valence-corrected chi connectivity index (χ0v) is 18.2. The number of nitrogens with zero attached hydrogens (tertiary/aromatic N) is 2. The van der Waals surface area contributed by atoms with Gasteiger partial charge in [-0.2, -0.15) is 0 Å². The fraction of sp³-hybridized carbons (Fsp3) is 0. The van der Waals surface area contributed by atoms with E-state index >= 15 is 0 Å². The maximum absolute atomic E-state index is 13.1. The molecule has 2 N–H and O–H groups in total. The minimum atomic E-state index is -3.86. The van der Waals surface area contributed by atoms with Crippen LogP contribution in [0.4, 0.5) is 11.6 Å². The number of hydrogen-bond donors (Lipinski definition) is 2. The van der Waals surface area contributed by atoms with Gasteiger partial charge >= 0.3 is 0 Å². The van der Waals surface area contributed by atoms with Gasteiger partial charge in [-0.05, 0) is 47.5 Å². The third-order valence-corrected chi connectivity index (χ3v) is 6.00. The highest BCUT2D eigenvalue weighted by Gasteiger charge is 2.17. The monoisotopic (exact) mass is 456 g/mol. The van der Waals surface area contributed by atoms with Gasteiger partial charge in [-0.15, -0.1) is 0 Å². The number of carbonyl (C=O) groups excluding carboxylic acids is 1. The topological polar surface area (TPSA) is 101 Å². The summed E-state index contributed by atoms with van der Waals surface area (Å²) in [6.07, 6.45) is 4.70. The highest BCUT2D eigenvalue weighted by molar-refractivity contribution is 7.92. The van der Waals surface area contributed by atoms with Crippen LogP contribution in [0.3, 0.4) is 0 Å². The van der Waals surface area contributed by atoms with Crippen LogP contribution in [0.5, 0.6) is 0 Å². The fourth-order valence-corrected chi connectivity index (χ4v) is 4.02. The third-order valence-electron chi connectivity index (χ3n) is 4.65. The van der Waals surface area contributed by atoms with E-state index < -0.39 is 10.0 Å². The summed E-state index contributed by atoms with van der Waals surface area (Å²) in [5.74, 6) is -0.329. The van der Waals surface area contributed by atoms with Crippen LogP contribution in [-0.2, 0) is 14.8 Å². The first-order valence-corrected chi connectivity index (χ1v) is 11.5. The van der Waals surface area contributed by atoms with Crippen LogP contribution in [0, 0.1) is 0 Å². The molecule has 0 saturated heterocycles. The molecular formula is C25H20N4O3S. The van der Waals surface area contributed by atoms with E-state index in [1.807, 2.05) is 66.7 Å². The summed E-state index contributed by atoms with van der Waals surface area (Å²) < 4.78 is 27.4. The predicted octanol–water partition coefficient (Wildman–Crippen LogP) is 4.46. The number of sulfonamides is 1. The van der Waals surface area contributed by atoms with Crippen LogP contribution in [0.15, 0.2) is 108 Å². The summed E-state index contributed by atoms with van der Waals surface area (Å²) in [6, 6.07) is 26.4. The highest BCUT2D eigenvalue weighted by Crippen LogP contribution is 2.22. The molecule has 1 heterocycles. The van der Waals surface area contributed by atoms with Gasteiger partial charge in [0.05, 0.1) is 4.90 Å². The standard InChI is InChI=1S/C25H20N4O3S/c30-24(23(20-10-5-2-6-11-20)18-19-8-3-1-4-9-19)28-21-12-14-22(15-13-21)33(31,32)29-25-26-16-7-17-27-25/h1-18H,(H,28,30)(H,26,27,29). The van der Waals surface area contributed by atoms with Gasteiger partial charge in [0.1, 0.15) is 0 Å². The molecule has 0 saturated carbocycles. The van der Waals surface area contributed by atoms with Gasteiger partial charge in [0.15, 0.2) is 0 Å². The lowest BCUT2D eigenvalue weighted by atomic mass is 10.0. The summed E-state index contributed by atoms with van der Waals surface area (Å²) in [4.78, 5) is 20.9. The Morgan fingerprint density at radius 1 is 0.758 bits per heavy atom. The highest BCUT2D eigenvalue weighted by atomic mass is 32.2. The molecule has 1 aromatic heterocycles. The molecule has 33 heavy (non-hydrogen) atoms. The molecule has 3 aromatic carbocycles. The predicted molar refractivity (Wildman–Crippen MR) is 129 cm³/mol. The molecule has 4 rings (SSSR count). The fourth-order valence-electron chi connectivity index (χ4n) is 3.06. The van der Waals surface area contributed by atoms with E-state index in [0.717, 1.165) is 11.1 Å². The number of benzene rings is 3. The molecule has 1 amide bonds. The van der Waals surface area contributed by atoms with Gasteiger partial charge < -0.3 is 5.32 Å². The molecule has 0 aliphatic heterocycles. The number of rotatable bonds is 7. The Bertz CT molecular complexity index is 1360. The van der Waals surface area contributed by atoms with E-state index in [-0.39, 0.29) is 16.8 Å². The average Bonchev–Trinajstić information content (AvgIpc) is 2.84. The van der Waals surface area contributed by atoms with Crippen LogP contribution in [0.1, 0.15) is 11.1 Å². The molecule has 0 aliphatic carbocycles. The average molecular weight is 457 g/mol. The van der Waals surface area contributed by atoms with Gasteiger partial charge in [0.25, 0.3) is 15.9 Å². The van der Waals surface area contributed by atoms with E-state index in [1.165, 1.54) is 36.7 Å². The number of hydrogen-bond acceptors (Lipinski definition) is 5.